The number of rotatable bonds is 2. The summed E-state index contributed by atoms with van der Waals surface area (Å²) in [6.45, 7) is 5.81. The van der Waals surface area contributed by atoms with E-state index in [2.05, 4.69) is 32.7 Å². The SMILES string of the molecule is Cc1ccnc(N2CCC(C(C)O)C2)c1Br. The molecule has 1 aliphatic rings. The fourth-order valence-corrected chi connectivity index (χ4v) is 2.61. The molecule has 0 amide bonds. The molecule has 0 aromatic carbocycles. The maximum Gasteiger partial charge on any atom is 0.143 e. The van der Waals surface area contributed by atoms with E-state index in [4.69, 9.17) is 0 Å². The molecule has 2 rings (SSSR count). The molecule has 1 saturated heterocycles. The molecule has 88 valence electrons. The van der Waals surface area contributed by atoms with E-state index in [1.165, 1.54) is 5.56 Å². The van der Waals surface area contributed by atoms with Crippen LogP contribution < -0.4 is 4.90 Å². The van der Waals surface area contributed by atoms with Crippen LogP contribution in [0, 0.1) is 12.8 Å². The molecule has 0 spiro atoms. The number of hydrogen-bond donors (Lipinski definition) is 1. The first-order valence-corrected chi connectivity index (χ1v) is 6.43. The number of halogens is 1. The Morgan fingerprint density at radius 2 is 2.38 bits per heavy atom. The van der Waals surface area contributed by atoms with E-state index in [0.29, 0.717) is 5.92 Å². The van der Waals surface area contributed by atoms with Crippen molar-refractivity contribution in [2.75, 3.05) is 18.0 Å². The van der Waals surface area contributed by atoms with Gasteiger partial charge in [0, 0.05) is 25.2 Å². The predicted octanol–water partition coefficient (Wildman–Crippen LogP) is 2.36. The number of anilines is 1. The van der Waals surface area contributed by atoms with Gasteiger partial charge in [-0.2, -0.15) is 0 Å². The first-order chi connectivity index (χ1) is 7.59. The summed E-state index contributed by atoms with van der Waals surface area (Å²) in [7, 11) is 0. The Bertz CT molecular complexity index is 381. The Kier molecular flexibility index (Phi) is 3.50. The third-order valence-electron chi connectivity index (χ3n) is 3.27. The molecule has 16 heavy (non-hydrogen) atoms. The average molecular weight is 285 g/mol. The Hall–Kier alpha value is -0.610. The highest BCUT2D eigenvalue weighted by Gasteiger charge is 2.27. The van der Waals surface area contributed by atoms with Crippen molar-refractivity contribution in [3.63, 3.8) is 0 Å². The van der Waals surface area contributed by atoms with Gasteiger partial charge in [0.2, 0.25) is 0 Å². The second-order valence-electron chi connectivity index (χ2n) is 4.50. The number of aliphatic hydroxyl groups is 1. The average Bonchev–Trinajstić information content (AvgIpc) is 2.71. The van der Waals surface area contributed by atoms with Gasteiger partial charge in [-0.15, -0.1) is 0 Å². The van der Waals surface area contributed by atoms with E-state index >= 15 is 0 Å². The van der Waals surface area contributed by atoms with Gasteiger partial charge in [-0.05, 0) is 47.8 Å². The molecule has 2 heterocycles. The fourth-order valence-electron chi connectivity index (χ4n) is 2.12. The maximum atomic E-state index is 9.58. The van der Waals surface area contributed by atoms with Gasteiger partial charge < -0.3 is 10.0 Å². The molecule has 1 N–H and O–H groups in total. The van der Waals surface area contributed by atoms with Gasteiger partial charge in [0.05, 0.1) is 10.6 Å². The van der Waals surface area contributed by atoms with Crippen LogP contribution in [0.25, 0.3) is 0 Å². The minimum atomic E-state index is -0.228. The quantitative estimate of drug-likeness (QED) is 0.906. The normalized spacial score (nSPS) is 22.5. The molecule has 0 radical (unpaired) electrons. The Morgan fingerprint density at radius 1 is 1.62 bits per heavy atom. The molecule has 2 atom stereocenters. The van der Waals surface area contributed by atoms with Gasteiger partial charge in [0.1, 0.15) is 5.82 Å². The number of hydrogen-bond acceptors (Lipinski definition) is 3. The molecule has 4 heteroatoms. The summed E-state index contributed by atoms with van der Waals surface area (Å²) in [4.78, 5) is 6.66. The fraction of sp³-hybridized carbons (Fsp3) is 0.583. The Morgan fingerprint density at radius 3 is 3.00 bits per heavy atom. The summed E-state index contributed by atoms with van der Waals surface area (Å²) in [5, 5.41) is 9.58. The minimum Gasteiger partial charge on any atom is -0.393 e. The first-order valence-electron chi connectivity index (χ1n) is 5.63. The predicted molar refractivity (Wildman–Crippen MR) is 68.7 cm³/mol. The van der Waals surface area contributed by atoms with Gasteiger partial charge in [-0.1, -0.05) is 0 Å². The van der Waals surface area contributed by atoms with Crippen molar-refractivity contribution in [1.82, 2.24) is 4.98 Å². The zero-order valence-corrected chi connectivity index (χ0v) is 11.2. The standard InChI is InChI=1S/C12H17BrN2O/c1-8-3-5-14-12(11(8)13)15-6-4-10(7-15)9(2)16/h3,5,9-10,16H,4,6-7H2,1-2H3. The summed E-state index contributed by atoms with van der Waals surface area (Å²) in [5.74, 6) is 1.37. The van der Waals surface area contributed by atoms with Crippen LogP contribution in [-0.2, 0) is 0 Å². The zero-order chi connectivity index (χ0) is 11.7. The molecule has 0 aliphatic carbocycles. The number of aliphatic hydroxyl groups excluding tert-OH is 1. The van der Waals surface area contributed by atoms with Gasteiger partial charge in [-0.3, -0.25) is 0 Å². The maximum absolute atomic E-state index is 9.58. The molecule has 1 aromatic rings. The van der Waals surface area contributed by atoms with Crippen LogP contribution in [0.1, 0.15) is 18.9 Å². The van der Waals surface area contributed by atoms with Crippen LogP contribution in [-0.4, -0.2) is 29.3 Å². The molecular formula is C12H17BrN2O. The molecule has 0 saturated carbocycles. The van der Waals surface area contributed by atoms with Gasteiger partial charge in [-0.25, -0.2) is 4.98 Å². The third kappa shape index (κ3) is 2.23. The van der Waals surface area contributed by atoms with E-state index in [1.807, 2.05) is 19.2 Å². The van der Waals surface area contributed by atoms with Crippen molar-refractivity contribution >= 4 is 21.7 Å². The number of aryl methyl sites for hydroxylation is 1. The molecule has 1 fully saturated rings. The summed E-state index contributed by atoms with van der Waals surface area (Å²) < 4.78 is 1.07. The number of pyridine rings is 1. The van der Waals surface area contributed by atoms with Crippen LogP contribution in [0.4, 0.5) is 5.82 Å². The van der Waals surface area contributed by atoms with Crippen LogP contribution in [0.5, 0.6) is 0 Å². The third-order valence-corrected chi connectivity index (χ3v) is 4.25. The van der Waals surface area contributed by atoms with Gasteiger partial charge >= 0.3 is 0 Å². The second kappa shape index (κ2) is 4.72. The first kappa shape index (κ1) is 11.9. The number of nitrogens with zero attached hydrogens (tertiary/aromatic N) is 2. The molecule has 1 aromatic heterocycles. The van der Waals surface area contributed by atoms with Crippen molar-refractivity contribution < 1.29 is 5.11 Å². The lowest BCUT2D eigenvalue weighted by Gasteiger charge is -2.20. The van der Waals surface area contributed by atoms with Crippen LogP contribution >= 0.6 is 15.9 Å². The summed E-state index contributed by atoms with van der Waals surface area (Å²) in [6.07, 6.45) is 2.65. The van der Waals surface area contributed by atoms with Crippen molar-refractivity contribution in [3.8, 4) is 0 Å². The van der Waals surface area contributed by atoms with Crippen molar-refractivity contribution in [1.29, 1.82) is 0 Å². The van der Waals surface area contributed by atoms with Crippen LogP contribution in [0.2, 0.25) is 0 Å². The van der Waals surface area contributed by atoms with E-state index in [9.17, 15) is 5.11 Å². The highest BCUT2D eigenvalue weighted by atomic mass is 79.9. The monoisotopic (exact) mass is 284 g/mol. The van der Waals surface area contributed by atoms with Crippen molar-refractivity contribution in [3.05, 3.63) is 22.3 Å². The molecule has 2 unspecified atom stereocenters. The lowest BCUT2D eigenvalue weighted by atomic mass is 10.0. The molecule has 0 bridgehead atoms. The van der Waals surface area contributed by atoms with Gasteiger partial charge in [0.15, 0.2) is 0 Å². The lowest BCUT2D eigenvalue weighted by Crippen LogP contribution is -2.25. The zero-order valence-electron chi connectivity index (χ0n) is 9.65. The van der Waals surface area contributed by atoms with Crippen LogP contribution in [0.3, 0.4) is 0 Å². The minimum absolute atomic E-state index is 0.228. The summed E-state index contributed by atoms with van der Waals surface area (Å²) >= 11 is 3.58. The highest BCUT2D eigenvalue weighted by molar-refractivity contribution is 9.10. The lowest BCUT2D eigenvalue weighted by molar-refractivity contribution is 0.136. The number of aromatic nitrogens is 1. The molecule has 1 aliphatic heterocycles. The van der Waals surface area contributed by atoms with Crippen LogP contribution in [0.15, 0.2) is 16.7 Å². The van der Waals surface area contributed by atoms with Crippen molar-refractivity contribution in [2.24, 2.45) is 5.92 Å². The summed E-state index contributed by atoms with van der Waals surface area (Å²) in [6, 6.07) is 2.00. The van der Waals surface area contributed by atoms with E-state index in [1.54, 1.807) is 0 Å². The molecule has 3 nitrogen and oxygen atoms in total. The van der Waals surface area contributed by atoms with E-state index in [0.717, 1.165) is 29.8 Å². The van der Waals surface area contributed by atoms with E-state index < -0.39 is 0 Å². The topological polar surface area (TPSA) is 36.4 Å². The Labute approximate surface area is 105 Å². The van der Waals surface area contributed by atoms with Gasteiger partial charge in [0.25, 0.3) is 0 Å². The second-order valence-corrected chi connectivity index (χ2v) is 5.29. The van der Waals surface area contributed by atoms with Crippen molar-refractivity contribution in [2.45, 2.75) is 26.4 Å². The summed E-state index contributed by atoms with van der Waals surface area (Å²) in [5.41, 5.74) is 1.20. The Balaban J connectivity index is 2.17. The molecular weight excluding hydrogens is 268 g/mol. The highest BCUT2D eigenvalue weighted by Crippen LogP contribution is 2.31. The largest absolute Gasteiger partial charge is 0.393 e. The smallest absolute Gasteiger partial charge is 0.143 e. The van der Waals surface area contributed by atoms with E-state index in [-0.39, 0.29) is 6.10 Å².